The average molecular weight is 379 g/mol. The number of benzene rings is 2. The second kappa shape index (κ2) is 8.49. The minimum atomic E-state index is -1.31. The van der Waals surface area contributed by atoms with Gasteiger partial charge in [-0.15, -0.1) is 0 Å². The van der Waals surface area contributed by atoms with Gasteiger partial charge in [-0.3, -0.25) is 10.1 Å². The van der Waals surface area contributed by atoms with Gasteiger partial charge >= 0.3 is 6.09 Å². The van der Waals surface area contributed by atoms with Crippen molar-refractivity contribution in [2.45, 2.75) is 0 Å². The molecule has 1 aromatic heterocycles. The van der Waals surface area contributed by atoms with Crippen LogP contribution in [0.25, 0.3) is 0 Å². The maximum atomic E-state index is 12.5. The molecular formula is C19H17N5O4. The number of rotatable bonds is 6. The summed E-state index contributed by atoms with van der Waals surface area (Å²) in [4.78, 5) is 31.7. The fourth-order valence-corrected chi connectivity index (χ4v) is 2.38. The van der Waals surface area contributed by atoms with Crippen molar-refractivity contribution in [1.29, 1.82) is 0 Å². The number of aromatic nitrogens is 2. The van der Waals surface area contributed by atoms with E-state index in [1.54, 1.807) is 48.5 Å². The van der Waals surface area contributed by atoms with Gasteiger partial charge in [0.05, 0.1) is 12.8 Å². The van der Waals surface area contributed by atoms with E-state index in [2.05, 4.69) is 25.9 Å². The van der Waals surface area contributed by atoms with E-state index in [1.807, 2.05) is 6.07 Å². The lowest BCUT2D eigenvalue weighted by Crippen LogP contribution is -2.18. The summed E-state index contributed by atoms with van der Waals surface area (Å²) in [5, 5.41) is 16.8. The Morgan fingerprint density at radius 1 is 0.929 bits per heavy atom. The molecule has 3 aromatic rings. The standard InChI is InChI=1S/C19H17N5O4/c1-28-14-10-6-5-9-13(14)21-15-11-16(24-19(26)27)23-17(22-15)18(25)20-12-7-3-2-4-8-12/h2-11H,1H3,(H,20,25)(H,26,27)(H2,21,22,23,24). The zero-order chi connectivity index (χ0) is 19.9. The van der Waals surface area contributed by atoms with Crippen LogP contribution in [0, 0.1) is 0 Å². The number of nitrogens with zero attached hydrogens (tertiary/aromatic N) is 2. The highest BCUT2D eigenvalue weighted by molar-refractivity contribution is 6.02. The first-order chi connectivity index (χ1) is 13.5. The van der Waals surface area contributed by atoms with Gasteiger partial charge in [0.25, 0.3) is 5.91 Å². The van der Waals surface area contributed by atoms with E-state index in [1.165, 1.54) is 13.2 Å². The van der Waals surface area contributed by atoms with Gasteiger partial charge in [0.1, 0.15) is 17.4 Å². The number of ether oxygens (including phenoxy) is 1. The lowest BCUT2D eigenvalue weighted by molar-refractivity contribution is 0.101. The van der Waals surface area contributed by atoms with E-state index in [9.17, 15) is 9.59 Å². The fraction of sp³-hybridized carbons (Fsp3) is 0.0526. The van der Waals surface area contributed by atoms with Gasteiger partial charge in [0.2, 0.25) is 5.82 Å². The van der Waals surface area contributed by atoms with E-state index < -0.39 is 12.0 Å². The van der Waals surface area contributed by atoms with E-state index in [-0.39, 0.29) is 17.5 Å². The van der Waals surface area contributed by atoms with Crippen LogP contribution in [0.1, 0.15) is 10.6 Å². The van der Waals surface area contributed by atoms with Crippen molar-refractivity contribution in [3.05, 3.63) is 66.5 Å². The molecule has 4 N–H and O–H groups in total. The highest BCUT2D eigenvalue weighted by Crippen LogP contribution is 2.27. The molecular weight excluding hydrogens is 362 g/mol. The number of hydrogen-bond acceptors (Lipinski definition) is 6. The summed E-state index contributed by atoms with van der Waals surface area (Å²) in [6.45, 7) is 0. The van der Waals surface area contributed by atoms with Gasteiger partial charge in [-0.2, -0.15) is 0 Å². The SMILES string of the molecule is COc1ccccc1Nc1cc(NC(=O)O)nc(C(=O)Nc2ccccc2)n1. The number of anilines is 4. The predicted molar refractivity (Wildman–Crippen MR) is 104 cm³/mol. The van der Waals surface area contributed by atoms with E-state index >= 15 is 0 Å². The van der Waals surface area contributed by atoms with Gasteiger partial charge < -0.3 is 20.5 Å². The molecule has 28 heavy (non-hydrogen) atoms. The van der Waals surface area contributed by atoms with Crippen molar-refractivity contribution in [3.63, 3.8) is 0 Å². The fourth-order valence-electron chi connectivity index (χ4n) is 2.38. The van der Waals surface area contributed by atoms with Crippen molar-refractivity contribution in [2.24, 2.45) is 0 Å². The molecule has 0 atom stereocenters. The molecule has 0 aliphatic heterocycles. The lowest BCUT2D eigenvalue weighted by Gasteiger charge is -2.12. The summed E-state index contributed by atoms with van der Waals surface area (Å²) in [6.07, 6.45) is -1.31. The van der Waals surface area contributed by atoms with Crippen LogP contribution < -0.4 is 20.7 Å². The molecule has 0 aliphatic rings. The molecule has 142 valence electrons. The summed E-state index contributed by atoms with van der Waals surface area (Å²) < 4.78 is 5.27. The lowest BCUT2D eigenvalue weighted by atomic mass is 10.3. The summed E-state index contributed by atoms with van der Waals surface area (Å²) in [5.41, 5.74) is 1.16. The zero-order valence-electron chi connectivity index (χ0n) is 14.8. The number of nitrogens with one attached hydrogen (secondary N) is 3. The van der Waals surface area contributed by atoms with E-state index in [0.29, 0.717) is 17.1 Å². The normalized spacial score (nSPS) is 10.0. The number of carbonyl (C=O) groups is 2. The van der Waals surface area contributed by atoms with Crippen molar-refractivity contribution < 1.29 is 19.4 Å². The molecule has 0 spiro atoms. The summed E-state index contributed by atoms with van der Waals surface area (Å²) in [5.74, 6) is -0.0421. The second-order valence-electron chi connectivity index (χ2n) is 5.54. The second-order valence-corrected chi connectivity index (χ2v) is 5.54. The number of carboxylic acid groups (broad SMARTS) is 1. The van der Waals surface area contributed by atoms with Crippen molar-refractivity contribution >= 4 is 35.0 Å². The summed E-state index contributed by atoms with van der Waals surface area (Å²) >= 11 is 0. The van der Waals surface area contributed by atoms with Crippen LogP contribution in [0.2, 0.25) is 0 Å². The number of carbonyl (C=O) groups excluding carboxylic acids is 1. The molecule has 0 radical (unpaired) electrons. The average Bonchev–Trinajstić information content (AvgIpc) is 2.68. The molecule has 1 heterocycles. The maximum absolute atomic E-state index is 12.5. The summed E-state index contributed by atoms with van der Waals surface area (Å²) in [6, 6.07) is 17.3. The third kappa shape index (κ3) is 4.73. The first-order valence-electron chi connectivity index (χ1n) is 8.20. The topological polar surface area (TPSA) is 125 Å². The van der Waals surface area contributed by atoms with Gasteiger partial charge in [-0.05, 0) is 24.3 Å². The minimum absolute atomic E-state index is 0.0434. The smallest absolute Gasteiger partial charge is 0.410 e. The van der Waals surface area contributed by atoms with Crippen molar-refractivity contribution in [2.75, 3.05) is 23.1 Å². The van der Waals surface area contributed by atoms with Crippen LogP contribution >= 0.6 is 0 Å². The Hall–Kier alpha value is -4.14. The molecule has 0 unspecified atom stereocenters. The van der Waals surface area contributed by atoms with E-state index in [4.69, 9.17) is 9.84 Å². The zero-order valence-corrected chi connectivity index (χ0v) is 14.8. The van der Waals surface area contributed by atoms with Crippen molar-refractivity contribution in [3.8, 4) is 5.75 Å². The molecule has 0 aliphatic carbocycles. The van der Waals surface area contributed by atoms with Crippen LogP contribution in [-0.2, 0) is 0 Å². The Morgan fingerprint density at radius 2 is 1.61 bits per heavy atom. The highest BCUT2D eigenvalue weighted by Gasteiger charge is 2.15. The molecule has 0 saturated heterocycles. The third-order valence-electron chi connectivity index (χ3n) is 3.57. The number of amides is 2. The van der Waals surface area contributed by atoms with Crippen molar-refractivity contribution in [1.82, 2.24) is 9.97 Å². The minimum Gasteiger partial charge on any atom is -0.495 e. The Bertz CT molecular complexity index is 995. The number of methoxy groups -OCH3 is 1. The number of hydrogen-bond donors (Lipinski definition) is 4. The first-order valence-corrected chi connectivity index (χ1v) is 8.20. The van der Waals surface area contributed by atoms with Gasteiger partial charge in [-0.25, -0.2) is 14.8 Å². The van der Waals surface area contributed by atoms with Crippen LogP contribution in [0.3, 0.4) is 0 Å². The molecule has 9 heteroatoms. The summed E-state index contributed by atoms with van der Waals surface area (Å²) in [7, 11) is 1.52. The van der Waals surface area contributed by atoms with Crippen LogP contribution in [0.4, 0.5) is 27.8 Å². The monoisotopic (exact) mass is 379 g/mol. The Labute approximate surface area is 160 Å². The quantitative estimate of drug-likeness (QED) is 0.516. The van der Waals surface area contributed by atoms with E-state index in [0.717, 1.165) is 0 Å². The van der Waals surface area contributed by atoms with Gasteiger partial charge in [-0.1, -0.05) is 30.3 Å². The molecule has 2 amide bonds. The Kier molecular flexibility index (Phi) is 5.66. The predicted octanol–water partition coefficient (Wildman–Crippen LogP) is 3.57. The van der Waals surface area contributed by atoms with Crippen LogP contribution in [0.15, 0.2) is 60.7 Å². The maximum Gasteiger partial charge on any atom is 0.410 e. The molecule has 3 rings (SSSR count). The molecule has 0 fully saturated rings. The van der Waals surface area contributed by atoms with Gasteiger partial charge in [0, 0.05) is 11.8 Å². The Morgan fingerprint density at radius 3 is 2.32 bits per heavy atom. The largest absolute Gasteiger partial charge is 0.495 e. The molecule has 2 aromatic carbocycles. The molecule has 9 nitrogen and oxygen atoms in total. The highest BCUT2D eigenvalue weighted by atomic mass is 16.5. The molecule has 0 bridgehead atoms. The first kappa shape index (κ1) is 18.6. The Balaban J connectivity index is 1.92. The van der Waals surface area contributed by atoms with Crippen LogP contribution in [0.5, 0.6) is 5.75 Å². The molecule has 0 saturated carbocycles. The van der Waals surface area contributed by atoms with Gasteiger partial charge in [0.15, 0.2) is 0 Å². The third-order valence-corrected chi connectivity index (χ3v) is 3.57. The number of para-hydroxylation sites is 3. The van der Waals surface area contributed by atoms with Crippen LogP contribution in [-0.4, -0.2) is 34.2 Å².